The second-order valence-corrected chi connectivity index (χ2v) is 5.28. The molecule has 0 aromatic heterocycles. The number of likely N-dealkylation sites (tertiary alicyclic amines) is 1. The fourth-order valence-corrected chi connectivity index (χ4v) is 2.32. The highest BCUT2D eigenvalue weighted by Crippen LogP contribution is 2.17. The zero-order valence-corrected chi connectivity index (χ0v) is 13.3. The van der Waals surface area contributed by atoms with Gasteiger partial charge in [0.1, 0.15) is 6.04 Å². The molecule has 0 aliphatic carbocycles. The third-order valence-electron chi connectivity index (χ3n) is 3.27. The van der Waals surface area contributed by atoms with Crippen LogP contribution in [0.2, 0.25) is 0 Å². The van der Waals surface area contributed by atoms with E-state index in [1.54, 1.807) is 4.90 Å². The van der Waals surface area contributed by atoms with Crippen molar-refractivity contribution in [1.82, 2.24) is 10.2 Å². The standard InChI is InChI=1S/C14H18N2O2.C3H8/c1-11(17)16-9-5-8-13(16)14(18)15-10-12-6-3-2-4-7-12;1-3-2/h2-4,6-7,13H,5,8-10H2,1H3,(H,15,18);3H2,1-2H3. The van der Waals surface area contributed by atoms with Crippen LogP contribution in [0.5, 0.6) is 0 Å². The first-order valence-electron chi connectivity index (χ1n) is 7.69. The van der Waals surface area contributed by atoms with Crippen LogP contribution >= 0.6 is 0 Å². The molecule has 1 aromatic rings. The fourth-order valence-electron chi connectivity index (χ4n) is 2.32. The van der Waals surface area contributed by atoms with Crippen LogP contribution < -0.4 is 5.32 Å². The molecular formula is C17H26N2O2. The van der Waals surface area contributed by atoms with Gasteiger partial charge in [-0.1, -0.05) is 50.6 Å². The quantitative estimate of drug-likeness (QED) is 0.930. The summed E-state index contributed by atoms with van der Waals surface area (Å²) >= 11 is 0. The largest absolute Gasteiger partial charge is 0.350 e. The van der Waals surface area contributed by atoms with Gasteiger partial charge in [-0.15, -0.1) is 0 Å². The van der Waals surface area contributed by atoms with Gasteiger partial charge in [-0.2, -0.15) is 0 Å². The number of rotatable bonds is 3. The van der Waals surface area contributed by atoms with E-state index in [1.807, 2.05) is 30.3 Å². The van der Waals surface area contributed by atoms with Crippen molar-refractivity contribution >= 4 is 11.8 Å². The number of nitrogens with one attached hydrogen (secondary N) is 1. The molecule has 0 saturated carbocycles. The molecule has 4 heteroatoms. The van der Waals surface area contributed by atoms with E-state index in [-0.39, 0.29) is 17.9 Å². The summed E-state index contributed by atoms with van der Waals surface area (Å²) in [7, 11) is 0. The maximum absolute atomic E-state index is 12.0. The molecule has 2 amide bonds. The normalized spacial score (nSPS) is 16.9. The average molecular weight is 290 g/mol. The zero-order valence-electron chi connectivity index (χ0n) is 13.3. The molecule has 1 fully saturated rings. The smallest absolute Gasteiger partial charge is 0.243 e. The van der Waals surface area contributed by atoms with E-state index in [2.05, 4.69) is 19.2 Å². The summed E-state index contributed by atoms with van der Waals surface area (Å²) in [6.45, 7) is 6.98. The lowest BCUT2D eigenvalue weighted by atomic mass is 10.2. The van der Waals surface area contributed by atoms with E-state index >= 15 is 0 Å². The highest BCUT2D eigenvalue weighted by Gasteiger charge is 2.31. The number of carbonyl (C=O) groups excluding carboxylic acids is 2. The minimum atomic E-state index is -0.286. The van der Waals surface area contributed by atoms with Crippen molar-refractivity contribution in [2.24, 2.45) is 0 Å². The number of amides is 2. The Kier molecular flexibility index (Phi) is 7.51. The van der Waals surface area contributed by atoms with Crippen LogP contribution in [0.25, 0.3) is 0 Å². The summed E-state index contributed by atoms with van der Waals surface area (Å²) in [6, 6.07) is 9.48. The minimum absolute atomic E-state index is 0.0210. The molecular weight excluding hydrogens is 264 g/mol. The lowest BCUT2D eigenvalue weighted by molar-refractivity contribution is -0.136. The zero-order chi connectivity index (χ0) is 15.7. The van der Waals surface area contributed by atoms with Gasteiger partial charge in [-0.3, -0.25) is 9.59 Å². The summed E-state index contributed by atoms with van der Waals surface area (Å²) in [4.78, 5) is 25.1. The molecule has 0 radical (unpaired) electrons. The van der Waals surface area contributed by atoms with Crippen LogP contribution in [0.15, 0.2) is 30.3 Å². The fraction of sp³-hybridized carbons (Fsp3) is 0.529. The highest BCUT2D eigenvalue weighted by molar-refractivity contribution is 5.87. The average Bonchev–Trinajstić information content (AvgIpc) is 2.96. The monoisotopic (exact) mass is 290 g/mol. The van der Waals surface area contributed by atoms with Crippen LogP contribution in [0.1, 0.15) is 45.6 Å². The van der Waals surface area contributed by atoms with E-state index in [0.29, 0.717) is 13.1 Å². The Morgan fingerprint density at radius 3 is 2.43 bits per heavy atom. The first-order chi connectivity index (χ1) is 10.1. The van der Waals surface area contributed by atoms with Gasteiger partial charge in [0.05, 0.1) is 0 Å². The van der Waals surface area contributed by atoms with Crippen LogP contribution in [-0.2, 0) is 16.1 Å². The Morgan fingerprint density at radius 1 is 1.24 bits per heavy atom. The van der Waals surface area contributed by atoms with Gasteiger partial charge in [-0.25, -0.2) is 0 Å². The van der Waals surface area contributed by atoms with Crippen molar-refractivity contribution in [3.63, 3.8) is 0 Å². The topological polar surface area (TPSA) is 49.4 Å². The summed E-state index contributed by atoms with van der Waals surface area (Å²) < 4.78 is 0. The van der Waals surface area contributed by atoms with Crippen molar-refractivity contribution in [2.75, 3.05) is 6.54 Å². The second kappa shape index (κ2) is 9.16. The van der Waals surface area contributed by atoms with Crippen molar-refractivity contribution < 1.29 is 9.59 Å². The van der Waals surface area contributed by atoms with Crippen molar-refractivity contribution in [2.45, 2.75) is 52.6 Å². The number of benzene rings is 1. The van der Waals surface area contributed by atoms with E-state index < -0.39 is 0 Å². The van der Waals surface area contributed by atoms with Gasteiger partial charge in [0.15, 0.2) is 0 Å². The second-order valence-electron chi connectivity index (χ2n) is 5.28. The molecule has 1 N–H and O–H groups in total. The molecule has 1 saturated heterocycles. The Bertz CT molecular complexity index is 445. The van der Waals surface area contributed by atoms with E-state index in [1.165, 1.54) is 13.3 Å². The Hall–Kier alpha value is -1.84. The molecule has 21 heavy (non-hydrogen) atoms. The SMILES string of the molecule is CC(=O)N1CCCC1C(=O)NCc1ccccc1.CCC. The van der Waals surface area contributed by atoms with Gasteiger partial charge in [0, 0.05) is 20.0 Å². The lowest BCUT2D eigenvalue weighted by Gasteiger charge is -2.22. The summed E-state index contributed by atoms with van der Waals surface area (Å²) in [6.07, 6.45) is 2.92. The Morgan fingerprint density at radius 2 is 1.86 bits per heavy atom. The van der Waals surface area contributed by atoms with Gasteiger partial charge in [0.2, 0.25) is 11.8 Å². The number of hydrogen-bond donors (Lipinski definition) is 1. The molecule has 1 aliphatic heterocycles. The molecule has 1 heterocycles. The van der Waals surface area contributed by atoms with Crippen molar-refractivity contribution in [3.05, 3.63) is 35.9 Å². The maximum atomic E-state index is 12.0. The van der Waals surface area contributed by atoms with Crippen LogP contribution in [0.4, 0.5) is 0 Å². The van der Waals surface area contributed by atoms with Crippen LogP contribution in [-0.4, -0.2) is 29.3 Å². The summed E-state index contributed by atoms with van der Waals surface area (Å²) in [5.41, 5.74) is 1.07. The minimum Gasteiger partial charge on any atom is -0.350 e. The molecule has 1 aromatic carbocycles. The molecule has 116 valence electrons. The molecule has 0 bridgehead atoms. The maximum Gasteiger partial charge on any atom is 0.243 e. The Labute approximate surface area is 127 Å². The molecule has 4 nitrogen and oxygen atoms in total. The molecule has 1 unspecified atom stereocenters. The van der Waals surface area contributed by atoms with Crippen molar-refractivity contribution in [1.29, 1.82) is 0 Å². The number of hydrogen-bond acceptors (Lipinski definition) is 2. The van der Waals surface area contributed by atoms with Crippen LogP contribution in [0, 0.1) is 0 Å². The summed E-state index contributed by atoms with van der Waals surface area (Å²) in [5, 5.41) is 2.89. The predicted molar refractivity (Wildman–Crippen MR) is 84.7 cm³/mol. The number of carbonyl (C=O) groups is 2. The predicted octanol–water partition coefficient (Wildman–Crippen LogP) is 2.73. The van der Waals surface area contributed by atoms with E-state index in [4.69, 9.17) is 0 Å². The lowest BCUT2D eigenvalue weighted by Crippen LogP contribution is -2.44. The highest BCUT2D eigenvalue weighted by atomic mass is 16.2. The van der Waals surface area contributed by atoms with Gasteiger partial charge in [0.25, 0.3) is 0 Å². The third kappa shape index (κ3) is 5.58. The molecule has 1 atom stereocenters. The van der Waals surface area contributed by atoms with Gasteiger partial charge >= 0.3 is 0 Å². The Balaban J connectivity index is 0.000000677. The van der Waals surface area contributed by atoms with Gasteiger partial charge < -0.3 is 10.2 Å². The van der Waals surface area contributed by atoms with Crippen LogP contribution in [0.3, 0.4) is 0 Å². The first-order valence-corrected chi connectivity index (χ1v) is 7.69. The molecule has 2 rings (SSSR count). The summed E-state index contributed by atoms with van der Waals surface area (Å²) in [5.74, 6) is -0.0704. The number of nitrogens with zero attached hydrogens (tertiary/aromatic N) is 1. The van der Waals surface area contributed by atoms with E-state index in [9.17, 15) is 9.59 Å². The molecule has 1 aliphatic rings. The van der Waals surface area contributed by atoms with Gasteiger partial charge in [-0.05, 0) is 18.4 Å². The van der Waals surface area contributed by atoms with E-state index in [0.717, 1.165) is 18.4 Å². The molecule has 0 spiro atoms. The van der Waals surface area contributed by atoms with Crippen molar-refractivity contribution in [3.8, 4) is 0 Å². The third-order valence-corrected chi connectivity index (χ3v) is 3.27. The first kappa shape index (κ1) is 17.2.